The van der Waals surface area contributed by atoms with E-state index in [2.05, 4.69) is 22.9 Å². The number of nitrogens with zero attached hydrogens (tertiary/aromatic N) is 1. The minimum absolute atomic E-state index is 0.0572. The van der Waals surface area contributed by atoms with Crippen LogP contribution in [0.25, 0.3) is 0 Å². The lowest BCUT2D eigenvalue weighted by molar-refractivity contribution is -0.383. The SMILES string of the molecule is CC1(CNC(=O)c2ccc(Nc3ccccc3)c([N+](=O)[O-])c2)CCNCC1. The lowest BCUT2D eigenvalue weighted by atomic mass is 9.81. The van der Waals surface area contributed by atoms with E-state index in [1.54, 1.807) is 12.1 Å². The summed E-state index contributed by atoms with van der Waals surface area (Å²) in [5, 5.41) is 20.7. The van der Waals surface area contributed by atoms with Crippen molar-refractivity contribution in [3.8, 4) is 0 Å². The molecule has 0 aromatic heterocycles. The average molecular weight is 368 g/mol. The van der Waals surface area contributed by atoms with Gasteiger partial charge in [-0.1, -0.05) is 25.1 Å². The maximum atomic E-state index is 12.5. The number of nitro groups is 1. The van der Waals surface area contributed by atoms with Crippen LogP contribution in [0.15, 0.2) is 48.5 Å². The molecule has 1 heterocycles. The zero-order valence-corrected chi connectivity index (χ0v) is 15.3. The molecule has 0 spiro atoms. The van der Waals surface area contributed by atoms with Gasteiger partial charge in [0.2, 0.25) is 0 Å². The van der Waals surface area contributed by atoms with Gasteiger partial charge in [0.15, 0.2) is 0 Å². The van der Waals surface area contributed by atoms with E-state index < -0.39 is 4.92 Å². The van der Waals surface area contributed by atoms with E-state index in [0.29, 0.717) is 12.2 Å². The molecule has 1 aliphatic heterocycles. The minimum Gasteiger partial charge on any atom is -0.351 e. The van der Waals surface area contributed by atoms with Crippen molar-refractivity contribution in [2.75, 3.05) is 25.0 Å². The molecule has 0 radical (unpaired) electrons. The van der Waals surface area contributed by atoms with E-state index >= 15 is 0 Å². The fourth-order valence-corrected chi connectivity index (χ4v) is 3.21. The molecule has 1 amide bonds. The summed E-state index contributed by atoms with van der Waals surface area (Å²) < 4.78 is 0. The molecule has 3 rings (SSSR count). The number of carbonyl (C=O) groups excluding carboxylic acids is 1. The lowest BCUT2D eigenvalue weighted by Crippen LogP contribution is -2.42. The third-order valence-corrected chi connectivity index (χ3v) is 5.00. The van der Waals surface area contributed by atoms with Crippen molar-refractivity contribution in [1.29, 1.82) is 0 Å². The Labute approximate surface area is 158 Å². The maximum absolute atomic E-state index is 12.5. The Balaban J connectivity index is 1.73. The number of anilines is 2. The topological polar surface area (TPSA) is 96.3 Å². The number of hydrogen-bond donors (Lipinski definition) is 3. The van der Waals surface area contributed by atoms with Crippen molar-refractivity contribution in [3.05, 3.63) is 64.2 Å². The molecule has 0 bridgehead atoms. The fourth-order valence-electron chi connectivity index (χ4n) is 3.21. The summed E-state index contributed by atoms with van der Waals surface area (Å²) in [7, 11) is 0. The largest absolute Gasteiger partial charge is 0.351 e. The van der Waals surface area contributed by atoms with Crippen LogP contribution in [0.1, 0.15) is 30.1 Å². The van der Waals surface area contributed by atoms with E-state index in [0.717, 1.165) is 31.6 Å². The summed E-state index contributed by atoms with van der Waals surface area (Å²) in [5.41, 5.74) is 1.32. The van der Waals surface area contributed by atoms with Gasteiger partial charge >= 0.3 is 0 Å². The summed E-state index contributed by atoms with van der Waals surface area (Å²) in [6.07, 6.45) is 1.99. The number of para-hydroxylation sites is 1. The van der Waals surface area contributed by atoms with Gasteiger partial charge in [-0.05, 0) is 55.6 Å². The molecule has 0 saturated carbocycles. The highest BCUT2D eigenvalue weighted by Crippen LogP contribution is 2.29. The molecule has 0 atom stereocenters. The van der Waals surface area contributed by atoms with Crippen molar-refractivity contribution in [2.45, 2.75) is 19.8 Å². The van der Waals surface area contributed by atoms with Gasteiger partial charge in [-0.3, -0.25) is 14.9 Å². The second-order valence-electron chi connectivity index (χ2n) is 7.22. The van der Waals surface area contributed by atoms with Crippen LogP contribution in [0, 0.1) is 15.5 Å². The summed E-state index contributed by atoms with van der Waals surface area (Å²) in [5.74, 6) is -0.288. The van der Waals surface area contributed by atoms with Gasteiger partial charge in [0.1, 0.15) is 5.69 Å². The van der Waals surface area contributed by atoms with Gasteiger partial charge in [-0.2, -0.15) is 0 Å². The molecule has 1 fully saturated rings. The Morgan fingerprint density at radius 2 is 1.89 bits per heavy atom. The first-order chi connectivity index (χ1) is 13.0. The fraction of sp³-hybridized carbons (Fsp3) is 0.350. The highest BCUT2D eigenvalue weighted by Gasteiger charge is 2.27. The Morgan fingerprint density at radius 1 is 1.19 bits per heavy atom. The molecule has 7 nitrogen and oxygen atoms in total. The molecule has 142 valence electrons. The predicted octanol–water partition coefficient (Wildman–Crippen LogP) is 3.46. The van der Waals surface area contributed by atoms with Gasteiger partial charge in [-0.15, -0.1) is 0 Å². The van der Waals surface area contributed by atoms with Gasteiger partial charge in [0.05, 0.1) is 4.92 Å². The van der Waals surface area contributed by atoms with Crippen LogP contribution in [0.5, 0.6) is 0 Å². The molecule has 1 aliphatic rings. The van der Waals surface area contributed by atoms with E-state index in [4.69, 9.17) is 0 Å². The summed E-state index contributed by atoms with van der Waals surface area (Å²) in [4.78, 5) is 23.5. The van der Waals surface area contributed by atoms with Gasteiger partial charge in [-0.25, -0.2) is 0 Å². The number of hydrogen-bond acceptors (Lipinski definition) is 5. The number of nitro benzene ring substituents is 1. The zero-order chi connectivity index (χ0) is 19.3. The van der Waals surface area contributed by atoms with Gasteiger partial charge in [0, 0.05) is 23.9 Å². The highest BCUT2D eigenvalue weighted by molar-refractivity contribution is 5.96. The number of piperidine rings is 1. The Morgan fingerprint density at radius 3 is 2.56 bits per heavy atom. The van der Waals surface area contributed by atoms with Gasteiger partial charge in [0.25, 0.3) is 11.6 Å². The summed E-state index contributed by atoms with van der Waals surface area (Å²) in [6.45, 7) is 4.60. The van der Waals surface area contributed by atoms with Crippen LogP contribution < -0.4 is 16.0 Å². The predicted molar refractivity (Wildman–Crippen MR) is 105 cm³/mol. The van der Waals surface area contributed by atoms with Crippen molar-refractivity contribution >= 4 is 23.0 Å². The number of rotatable bonds is 6. The summed E-state index contributed by atoms with van der Waals surface area (Å²) >= 11 is 0. The number of benzene rings is 2. The number of carbonyl (C=O) groups is 1. The average Bonchev–Trinajstić information content (AvgIpc) is 2.68. The van der Waals surface area contributed by atoms with Crippen molar-refractivity contribution < 1.29 is 9.72 Å². The standard InChI is InChI=1S/C20H24N4O3/c1-20(9-11-21-12-10-20)14-22-19(25)15-7-8-17(18(13-15)24(26)27)23-16-5-3-2-4-6-16/h2-8,13,21,23H,9-12,14H2,1H3,(H,22,25). The van der Waals surface area contributed by atoms with E-state index in [1.165, 1.54) is 6.07 Å². The normalized spacial score (nSPS) is 15.7. The Kier molecular flexibility index (Phi) is 5.71. The van der Waals surface area contributed by atoms with Crippen LogP contribution in [-0.4, -0.2) is 30.5 Å². The van der Waals surface area contributed by atoms with Crippen molar-refractivity contribution in [1.82, 2.24) is 10.6 Å². The molecule has 0 aliphatic carbocycles. The van der Waals surface area contributed by atoms with Crippen molar-refractivity contribution in [3.63, 3.8) is 0 Å². The molecule has 0 unspecified atom stereocenters. The molecule has 2 aromatic carbocycles. The van der Waals surface area contributed by atoms with Crippen molar-refractivity contribution in [2.24, 2.45) is 5.41 Å². The van der Waals surface area contributed by atoms with Crippen LogP contribution in [0.4, 0.5) is 17.1 Å². The molecular formula is C20H24N4O3. The quantitative estimate of drug-likeness (QED) is 0.536. The monoisotopic (exact) mass is 368 g/mol. The lowest BCUT2D eigenvalue weighted by Gasteiger charge is -2.34. The van der Waals surface area contributed by atoms with Crippen LogP contribution in [0.2, 0.25) is 0 Å². The molecule has 3 N–H and O–H groups in total. The Bertz CT molecular complexity index is 817. The molecular weight excluding hydrogens is 344 g/mol. The van der Waals surface area contributed by atoms with Crippen LogP contribution >= 0.6 is 0 Å². The first-order valence-corrected chi connectivity index (χ1v) is 9.06. The zero-order valence-electron chi connectivity index (χ0n) is 15.3. The third kappa shape index (κ3) is 4.83. The highest BCUT2D eigenvalue weighted by atomic mass is 16.6. The smallest absolute Gasteiger partial charge is 0.293 e. The number of nitrogens with one attached hydrogen (secondary N) is 3. The minimum atomic E-state index is -0.476. The van der Waals surface area contributed by atoms with Crippen LogP contribution in [0.3, 0.4) is 0 Å². The molecule has 1 saturated heterocycles. The Hall–Kier alpha value is -2.93. The summed E-state index contributed by atoms with van der Waals surface area (Å²) in [6, 6.07) is 13.7. The number of amides is 1. The third-order valence-electron chi connectivity index (χ3n) is 5.00. The second-order valence-corrected chi connectivity index (χ2v) is 7.22. The van der Waals surface area contributed by atoms with E-state index in [1.807, 2.05) is 30.3 Å². The van der Waals surface area contributed by atoms with E-state index in [9.17, 15) is 14.9 Å². The first kappa shape index (κ1) is 18.8. The van der Waals surface area contributed by atoms with Crippen LogP contribution in [-0.2, 0) is 0 Å². The molecule has 2 aromatic rings. The first-order valence-electron chi connectivity index (χ1n) is 9.06. The maximum Gasteiger partial charge on any atom is 0.293 e. The second kappa shape index (κ2) is 8.18. The van der Waals surface area contributed by atoms with E-state index in [-0.39, 0.29) is 22.6 Å². The molecule has 27 heavy (non-hydrogen) atoms. The van der Waals surface area contributed by atoms with Gasteiger partial charge < -0.3 is 16.0 Å². The molecule has 7 heteroatoms.